The fourth-order valence-corrected chi connectivity index (χ4v) is 5.57. The summed E-state index contributed by atoms with van der Waals surface area (Å²) in [5.74, 6) is -0.188. The predicted molar refractivity (Wildman–Crippen MR) is 141 cm³/mol. The van der Waals surface area contributed by atoms with E-state index in [1.165, 1.54) is 45.9 Å². The number of Topliss-reactive ketones (excluding diaryl/α,β-unsaturated/α-hetero) is 1. The molecule has 3 heterocycles. The van der Waals surface area contributed by atoms with Crippen molar-refractivity contribution < 1.29 is 13.9 Å². The van der Waals surface area contributed by atoms with Crippen LogP contribution in [0.4, 0.5) is 4.39 Å². The Labute approximate surface area is 220 Å². The number of hydrogen-bond acceptors (Lipinski definition) is 5. The molecule has 3 aromatic rings. The molecular weight excluding hydrogens is 495 g/mol. The van der Waals surface area contributed by atoms with E-state index in [4.69, 9.17) is 16.3 Å². The Morgan fingerprint density at radius 1 is 1.14 bits per heavy atom. The Kier molecular flexibility index (Phi) is 7.60. The molecule has 2 fully saturated rings. The van der Waals surface area contributed by atoms with Crippen molar-refractivity contribution in [2.75, 3.05) is 19.8 Å². The standard InChI is InChI=1S/C28H32ClFN4O3/c1-18(2)13-24(35)15-33-27(20-5-10-26(30)25(29)14-20)31-34(28(33)36)21-6-3-19(4-7-21)11-12-32-22-8-9-23(32)17-37-16-22/h3-7,10,14,18,22-23H,8-9,11-13,15-17H2,1-2H3. The Balaban J connectivity index is 1.40. The van der Waals surface area contributed by atoms with Crippen LogP contribution in [0.25, 0.3) is 17.1 Å². The summed E-state index contributed by atoms with van der Waals surface area (Å²) in [7, 11) is 0. The molecule has 9 heteroatoms. The van der Waals surface area contributed by atoms with Crippen molar-refractivity contribution in [2.24, 2.45) is 5.92 Å². The van der Waals surface area contributed by atoms with E-state index in [2.05, 4.69) is 10.00 Å². The van der Waals surface area contributed by atoms with E-state index in [1.807, 2.05) is 38.1 Å². The molecule has 7 nitrogen and oxygen atoms in total. The third-order valence-corrected chi connectivity index (χ3v) is 7.53. The van der Waals surface area contributed by atoms with Crippen LogP contribution < -0.4 is 5.69 Å². The van der Waals surface area contributed by atoms with E-state index in [1.54, 1.807) is 0 Å². The number of rotatable bonds is 9. The van der Waals surface area contributed by atoms with E-state index in [0.29, 0.717) is 29.8 Å². The maximum Gasteiger partial charge on any atom is 0.351 e. The van der Waals surface area contributed by atoms with Gasteiger partial charge in [-0.2, -0.15) is 4.68 Å². The number of ketones is 1. The highest BCUT2D eigenvalue weighted by molar-refractivity contribution is 6.31. The van der Waals surface area contributed by atoms with E-state index < -0.39 is 11.5 Å². The van der Waals surface area contributed by atoms with E-state index in [-0.39, 0.29) is 29.1 Å². The maximum atomic E-state index is 13.8. The van der Waals surface area contributed by atoms with Crippen LogP contribution >= 0.6 is 11.6 Å². The lowest BCUT2D eigenvalue weighted by Gasteiger charge is -2.34. The summed E-state index contributed by atoms with van der Waals surface area (Å²) >= 11 is 6.01. The molecule has 2 unspecified atom stereocenters. The molecule has 0 aliphatic carbocycles. The first-order valence-electron chi connectivity index (χ1n) is 12.9. The monoisotopic (exact) mass is 526 g/mol. The zero-order valence-electron chi connectivity index (χ0n) is 21.2. The average molecular weight is 527 g/mol. The third-order valence-electron chi connectivity index (χ3n) is 7.24. The fraction of sp³-hybridized carbons (Fsp3) is 0.464. The lowest BCUT2D eigenvalue weighted by atomic mass is 10.1. The third kappa shape index (κ3) is 5.56. The van der Waals surface area contributed by atoms with Crippen molar-refractivity contribution in [3.63, 3.8) is 0 Å². The largest absolute Gasteiger partial charge is 0.378 e. The van der Waals surface area contributed by atoms with Gasteiger partial charge in [-0.05, 0) is 61.1 Å². The van der Waals surface area contributed by atoms with Crippen LogP contribution in [0.2, 0.25) is 5.02 Å². The smallest absolute Gasteiger partial charge is 0.351 e. The quantitative estimate of drug-likeness (QED) is 0.410. The highest BCUT2D eigenvalue weighted by Crippen LogP contribution is 2.29. The number of carbonyl (C=O) groups is 1. The lowest BCUT2D eigenvalue weighted by molar-refractivity contribution is -0.120. The number of carbonyl (C=O) groups excluding carboxylic acids is 1. The predicted octanol–water partition coefficient (Wildman–Crippen LogP) is 4.51. The number of morpholine rings is 1. The number of aromatic nitrogens is 3. The van der Waals surface area contributed by atoms with Gasteiger partial charge in [-0.3, -0.25) is 14.3 Å². The SMILES string of the molecule is CC(C)CC(=O)Cn1c(-c2ccc(F)c(Cl)c2)nn(-c2ccc(CCN3C4CCC3COC4)cc2)c1=O. The summed E-state index contributed by atoms with van der Waals surface area (Å²) in [6.45, 7) is 6.43. The molecule has 0 N–H and O–H groups in total. The number of ether oxygens (including phenoxy) is 1. The van der Waals surface area contributed by atoms with Gasteiger partial charge in [-0.1, -0.05) is 37.6 Å². The molecular formula is C28H32ClFN4O3. The lowest BCUT2D eigenvalue weighted by Crippen LogP contribution is -2.46. The summed E-state index contributed by atoms with van der Waals surface area (Å²) < 4.78 is 22.1. The van der Waals surface area contributed by atoms with Crippen molar-refractivity contribution in [2.45, 2.75) is 58.2 Å². The molecule has 0 saturated carbocycles. The van der Waals surface area contributed by atoms with Crippen LogP contribution in [-0.2, 0) is 22.5 Å². The van der Waals surface area contributed by atoms with Crippen molar-refractivity contribution in [1.29, 1.82) is 0 Å². The minimum absolute atomic E-state index is 0.0708. The molecule has 37 heavy (non-hydrogen) atoms. The molecule has 0 spiro atoms. The molecule has 196 valence electrons. The van der Waals surface area contributed by atoms with Crippen molar-refractivity contribution >= 4 is 17.4 Å². The van der Waals surface area contributed by atoms with Crippen molar-refractivity contribution in [1.82, 2.24) is 19.2 Å². The van der Waals surface area contributed by atoms with Gasteiger partial charge in [-0.25, -0.2) is 9.18 Å². The molecule has 2 aromatic carbocycles. The zero-order valence-corrected chi connectivity index (χ0v) is 22.0. The highest BCUT2D eigenvalue weighted by Gasteiger charge is 2.36. The topological polar surface area (TPSA) is 69.4 Å². The number of hydrogen-bond donors (Lipinski definition) is 0. The van der Waals surface area contributed by atoms with Gasteiger partial charge >= 0.3 is 5.69 Å². The highest BCUT2D eigenvalue weighted by atomic mass is 35.5. The second-order valence-electron chi connectivity index (χ2n) is 10.4. The Morgan fingerprint density at radius 2 is 1.84 bits per heavy atom. The molecule has 0 amide bonds. The van der Waals surface area contributed by atoms with Crippen LogP contribution in [0.3, 0.4) is 0 Å². The molecule has 2 bridgehead atoms. The first-order chi connectivity index (χ1) is 17.8. The van der Waals surface area contributed by atoms with Gasteiger partial charge in [0.05, 0.1) is 30.5 Å². The van der Waals surface area contributed by atoms with Gasteiger partial charge in [0, 0.05) is 30.6 Å². The molecule has 2 aliphatic rings. The van der Waals surface area contributed by atoms with Gasteiger partial charge in [0.15, 0.2) is 11.6 Å². The summed E-state index contributed by atoms with van der Waals surface area (Å²) in [5, 5.41) is 4.47. The zero-order chi connectivity index (χ0) is 26.1. The normalized spacial score (nSPS) is 19.6. The molecule has 1 aromatic heterocycles. The number of fused-ring (bicyclic) bond motifs is 2. The van der Waals surface area contributed by atoms with Crippen LogP contribution in [0.15, 0.2) is 47.3 Å². The van der Waals surface area contributed by atoms with Gasteiger partial charge < -0.3 is 4.74 Å². The van der Waals surface area contributed by atoms with Gasteiger partial charge in [0.1, 0.15) is 5.82 Å². The first kappa shape index (κ1) is 25.8. The minimum atomic E-state index is -0.560. The molecule has 2 saturated heterocycles. The van der Waals surface area contributed by atoms with E-state index in [0.717, 1.165) is 26.2 Å². The van der Waals surface area contributed by atoms with Gasteiger partial charge in [0.2, 0.25) is 0 Å². The van der Waals surface area contributed by atoms with Crippen LogP contribution in [0, 0.1) is 11.7 Å². The second-order valence-corrected chi connectivity index (χ2v) is 10.9. The second kappa shape index (κ2) is 10.9. The summed E-state index contributed by atoms with van der Waals surface area (Å²) in [6.07, 6.45) is 3.67. The first-order valence-corrected chi connectivity index (χ1v) is 13.3. The summed E-state index contributed by atoms with van der Waals surface area (Å²) in [4.78, 5) is 28.6. The van der Waals surface area contributed by atoms with E-state index >= 15 is 0 Å². The Bertz CT molecular complexity index is 1320. The van der Waals surface area contributed by atoms with Crippen molar-refractivity contribution in [3.8, 4) is 17.1 Å². The Morgan fingerprint density at radius 3 is 2.49 bits per heavy atom. The Hall–Kier alpha value is -2.81. The average Bonchev–Trinajstić information content (AvgIpc) is 3.29. The van der Waals surface area contributed by atoms with Gasteiger partial charge in [0.25, 0.3) is 0 Å². The molecule has 5 rings (SSSR count). The molecule has 2 aliphatic heterocycles. The van der Waals surface area contributed by atoms with Crippen LogP contribution in [-0.4, -0.2) is 56.9 Å². The number of benzene rings is 2. The summed E-state index contributed by atoms with van der Waals surface area (Å²) in [5.41, 5.74) is 1.83. The van der Waals surface area contributed by atoms with Gasteiger partial charge in [-0.15, -0.1) is 5.10 Å². The molecule has 2 atom stereocenters. The van der Waals surface area contributed by atoms with E-state index in [9.17, 15) is 14.0 Å². The van der Waals surface area contributed by atoms with Crippen LogP contribution in [0.5, 0.6) is 0 Å². The molecule has 0 radical (unpaired) electrons. The fourth-order valence-electron chi connectivity index (χ4n) is 5.39. The maximum absolute atomic E-state index is 13.8. The van der Waals surface area contributed by atoms with Crippen LogP contribution in [0.1, 0.15) is 38.7 Å². The minimum Gasteiger partial charge on any atom is -0.378 e. The number of halogens is 2. The summed E-state index contributed by atoms with van der Waals surface area (Å²) in [6, 6.07) is 13.0. The van der Waals surface area contributed by atoms with Crippen molar-refractivity contribution in [3.05, 3.63) is 69.4 Å². The number of nitrogens with zero attached hydrogens (tertiary/aromatic N) is 4.